The summed E-state index contributed by atoms with van der Waals surface area (Å²) in [5.74, 6) is 0.925. The van der Waals surface area contributed by atoms with Crippen molar-refractivity contribution in [2.75, 3.05) is 23.8 Å². The number of hydrogen-bond donors (Lipinski definition) is 3. The number of aliphatic hydroxyl groups is 1. The fourth-order valence-electron chi connectivity index (χ4n) is 2.45. The Labute approximate surface area is 152 Å². The number of nitrogens with one attached hydrogen (secondary N) is 2. The largest absolute Gasteiger partial charge is 0.396 e. The van der Waals surface area contributed by atoms with Gasteiger partial charge in [-0.25, -0.2) is 9.37 Å². The highest BCUT2D eigenvalue weighted by Gasteiger charge is 2.07. The first-order chi connectivity index (χ1) is 12.7. The van der Waals surface area contributed by atoms with Crippen molar-refractivity contribution in [1.29, 1.82) is 0 Å². The fourth-order valence-corrected chi connectivity index (χ4v) is 2.45. The molecule has 0 aliphatic rings. The summed E-state index contributed by atoms with van der Waals surface area (Å²) in [6.45, 7) is 1.23. The molecule has 0 bridgehead atoms. The highest BCUT2D eigenvalue weighted by molar-refractivity contribution is 5.64. The molecular weight excluding hydrogens is 331 g/mol. The van der Waals surface area contributed by atoms with Gasteiger partial charge in [-0.15, -0.1) is 0 Å². The monoisotopic (exact) mass is 352 g/mol. The summed E-state index contributed by atoms with van der Waals surface area (Å²) in [5.41, 5.74) is 2.75. The Morgan fingerprint density at radius 2 is 1.69 bits per heavy atom. The van der Waals surface area contributed by atoms with E-state index in [-0.39, 0.29) is 12.4 Å². The van der Waals surface area contributed by atoms with Crippen molar-refractivity contribution in [3.8, 4) is 11.3 Å². The Morgan fingerprint density at radius 3 is 2.42 bits per heavy atom. The molecular formula is C20H21FN4O. The van der Waals surface area contributed by atoms with E-state index in [0.717, 1.165) is 16.8 Å². The van der Waals surface area contributed by atoms with Crippen LogP contribution in [0.1, 0.15) is 12.0 Å². The third kappa shape index (κ3) is 5.00. The van der Waals surface area contributed by atoms with Crippen molar-refractivity contribution in [2.45, 2.75) is 13.0 Å². The summed E-state index contributed by atoms with van der Waals surface area (Å²) in [6.07, 6.45) is 0.622. The van der Waals surface area contributed by atoms with E-state index in [1.54, 1.807) is 12.1 Å². The lowest BCUT2D eigenvalue weighted by atomic mass is 10.1. The van der Waals surface area contributed by atoms with Gasteiger partial charge in [0.2, 0.25) is 5.95 Å². The van der Waals surface area contributed by atoms with E-state index in [9.17, 15) is 4.39 Å². The molecule has 3 N–H and O–H groups in total. The van der Waals surface area contributed by atoms with Gasteiger partial charge in [-0.05, 0) is 24.1 Å². The molecule has 0 saturated carbocycles. The molecule has 0 aliphatic heterocycles. The molecule has 0 saturated heterocycles. The lowest BCUT2D eigenvalue weighted by molar-refractivity contribution is 0.292. The van der Waals surface area contributed by atoms with Gasteiger partial charge < -0.3 is 15.7 Å². The second-order valence-electron chi connectivity index (χ2n) is 5.81. The lowest BCUT2D eigenvalue weighted by Crippen LogP contribution is -2.10. The highest BCUT2D eigenvalue weighted by atomic mass is 19.1. The average Bonchev–Trinajstić information content (AvgIpc) is 2.68. The van der Waals surface area contributed by atoms with Gasteiger partial charge in [0.1, 0.15) is 11.6 Å². The van der Waals surface area contributed by atoms with Crippen LogP contribution in [-0.2, 0) is 6.54 Å². The molecule has 1 heterocycles. The molecule has 1 aromatic heterocycles. The van der Waals surface area contributed by atoms with Crippen LogP contribution in [0.5, 0.6) is 0 Å². The van der Waals surface area contributed by atoms with E-state index < -0.39 is 0 Å². The van der Waals surface area contributed by atoms with Gasteiger partial charge >= 0.3 is 0 Å². The first-order valence-electron chi connectivity index (χ1n) is 8.52. The lowest BCUT2D eigenvalue weighted by Gasteiger charge is -2.11. The number of benzene rings is 2. The number of nitrogens with zero attached hydrogens (tertiary/aromatic N) is 2. The van der Waals surface area contributed by atoms with Crippen molar-refractivity contribution in [2.24, 2.45) is 0 Å². The third-order valence-electron chi connectivity index (χ3n) is 3.80. The van der Waals surface area contributed by atoms with Crippen LogP contribution in [0.25, 0.3) is 11.3 Å². The van der Waals surface area contributed by atoms with E-state index in [2.05, 4.69) is 20.6 Å². The van der Waals surface area contributed by atoms with Gasteiger partial charge in [0.25, 0.3) is 0 Å². The molecule has 0 spiro atoms. The van der Waals surface area contributed by atoms with Crippen LogP contribution in [0.4, 0.5) is 16.2 Å². The zero-order valence-electron chi connectivity index (χ0n) is 14.3. The molecule has 3 rings (SSSR count). The Morgan fingerprint density at radius 1 is 0.923 bits per heavy atom. The molecule has 134 valence electrons. The topological polar surface area (TPSA) is 70.1 Å². The normalized spacial score (nSPS) is 10.5. The summed E-state index contributed by atoms with van der Waals surface area (Å²) >= 11 is 0. The molecule has 0 aliphatic carbocycles. The second-order valence-corrected chi connectivity index (χ2v) is 5.81. The van der Waals surface area contributed by atoms with Gasteiger partial charge in [0.05, 0.1) is 5.69 Å². The van der Waals surface area contributed by atoms with E-state index in [1.807, 2.05) is 36.4 Å². The summed E-state index contributed by atoms with van der Waals surface area (Å²) in [4.78, 5) is 9.02. The highest BCUT2D eigenvalue weighted by Crippen LogP contribution is 2.21. The van der Waals surface area contributed by atoms with Crippen molar-refractivity contribution < 1.29 is 9.50 Å². The molecule has 6 heteroatoms. The minimum atomic E-state index is -0.252. The van der Waals surface area contributed by atoms with Crippen molar-refractivity contribution in [3.63, 3.8) is 0 Å². The number of anilines is 2. The first-order valence-corrected chi connectivity index (χ1v) is 8.52. The van der Waals surface area contributed by atoms with E-state index in [4.69, 9.17) is 5.11 Å². The molecule has 26 heavy (non-hydrogen) atoms. The molecule has 0 radical (unpaired) electrons. The fraction of sp³-hybridized carbons (Fsp3) is 0.200. The van der Waals surface area contributed by atoms with Crippen LogP contribution in [0.3, 0.4) is 0 Å². The molecule has 5 nitrogen and oxygen atoms in total. The SMILES string of the molecule is OCCCNc1nc(NCc2ccc(F)cc2)cc(-c2ccccc2)n1. The molecule has 3 aromatic rings. The predicted octanol–water partition coefficient (Wildman–Crippen LogP) is 3.69. The maximum atomic E-state index is 13.0. The van der Waals surface area contributed by atoms with Crippen molar-refractivity contribution >= 4 is 11.8 Å². The van der Waals surface area contributed by atoms with Crippen LogP contribution in [0.15, 0.2) is 60.7 Å². The molecule has 2 aromatic carbocycles. The number of rotatable bonds is 8. The quantitative estimate of drug-likeness (QED) is 0.540. The average molecular weight is 352 g/mol. The molecule has 0 unspecified atom stereocenters. The number of aliphatic hydroxyl groups excluding tert-OH is 1. The Balaban J connectivity index is 1.80. The summed E-state index contributed by atoms with van der Waals surface area (Å²) in [7, 11) is 0. The summed E-state index contributed by atoms with van der Waals surface area (Å²) in [5, 5.41) is 15.3. The zero-order chi connectivity index (χ0) is 18.2. The smallest absolute Gasteiger partial charge is 0.225 e. The summed E-state index contributed by atoms with van der Waals surface area (Å²) in [6, 6.07) is 18.1. The number of hydrogen-bond acceptors (Lipinski definition) is 5. The Hall–Kier alpha value is -2.99. The maximum Gasteiger partial charge on any atom is 0.225 e. The van der Waals surface area contributed by atoms with E-state index in [1.165, 1.54) is 12.1 Å². The third-order valence-corrected chi connectivity index (χ3v) is 3.80. The van der Waals surface area contributed by atoms with Crippen molar-refractivity contribution in [3.05, 3.63) is 72.0 Å². The van der Waals surface area contributed by atoms with Gasteiger partial charge in [-0.2, -0.15) is 4.98 Å². The maximum absolute atomic E-state index is 13.0. The zero-order valence-corrected chi connectivity index (χ0v) is 14.3. The Kier molecular flexibility index (Phi) is 6.11. The Bertz CT molecular complexity index is 825. The number of halogens is 1. The molecule has 0 amide bonds. The van der Waals surface area contributed by atoms with Crippen LogP contribution in [-0.4, -0.2) is 28.2 Å². The van der Waals surface area contributed by atoms with Gasteiger partial charge in [-0.1, -0.05) is 42.5 Å². The minimum absolute atomic E-state index is 0.112. The standard InChI is InChI=1S/C20H21FN4O/c21-17-9-7-15(8-10-17)14-23-19-13-18(16-5-2-1-3-6-16)24-20(25-19)22-11-4-12-26/h1-3,5-10,13,26H,4,11-12,14H2,(H2,22,23,24,25). The van der Waals surface area contributed by atoms with E-state index >= 15 is 0 Å². The molecule has 0 fully saturated rings. The van der Waals surface area contributed by atoms with Gasteiger partial charge in [-0.3, -0.25) is 0 Å². The first kappa shape index (κ1) is 17.8. The van der Waals surface area contributed by atoms with E-state index in [0.29, 0.717) is 31.3 Å². The molecule has 0 atom stereocenters. The minimum Gasteiger partial charge on any atom is -0.396 e. The van der Waals surface area contributed by atoms with Crippen LogP contribution >= 0.6 is 0 Å². The predicted molar refractivity (Wildman–Crippen MR) is 101 cm³/mol. The number of aromatic nitrogens is 2. The second kappa shape index (κ2) is 8.92. The van der Waals surface area contributed by atoms with Crippen LogP contribution < -0.4 is 10.6 Å². The van der Waals surface area contributed by atoms with Crippen molar-refractivity contribution in [1.82, 2.24) is 9.97 Å². The van der Waals surface area contributed by atoms with Gasteiger partial charge in [0.15, 0.2) is 0 Å². The van der Waals surface area contributed by atoms with Crippen LogP contribution in [0.2, 0.25) is 0 Å². The van der Waals surface area contributed by atoms with Crippen LogP contribution in [0, 0.1) is 5.82 Å². The van der Waals surface area contributed by atoms with Gasteiger partial charge in [0, 0.05) is 31.3 Å². The summed E-state index contributed by atoms with van der Waals surface area (Å²) < 4.78 is 13.0.